The van der Waals surface area contributed by atoms with Crippen molar-refractivity contribution < 1.29 is 5.11 Å². The van der Waals surface area contributed by atoms with Crippen molar-refractivity contribution in [2.24, 2.45) is 0 Å². The van der Waals surface area contributed by atoms with Crippen LogP contribution in [0.1, 0.15) is 29.7 Å². The number of aromatic nitrogens is 1. The summed E-state index contributed by atoms with van der Waals surface area (Å²) in [6.45, 7) is 6.17. The van der Waals surface area contributed by atoms with Crippen molar-refractivity contribution in [1.29, 1.82) is 5.26 Å². The third-order valence-electron chi connectivity index (χ3n) is 4.67. The molecule has 0 bridgehead atoms. The van der Waals surface area contributed by atoms with Crippen LogP contribution in [0.5, 0.6) is 0 Å². The molecule has 1 saturated heterocycles. The highest BCUT2D eigenvalue weighted by Crippen LogP contribution is 2.22. The zero-order valence-corrected chi connectivity index (χ0v) is 13.6. The van der Waals surface area contributed by atoms with E-state index in [2.05, 4.69) is 16.3 Å². The monoisotopic (exact) mass is 312 g/mol. The van der Waals surface area contributed by atoms with E-state index in [-0.39, 0.29) is 6.10 Å². The molecule has 0 saturated carbocycles. The molecule has 0 radical (unpaired) electrons. The predicted octanol–water partition coefficient (Wildman–Crippen LogP) is 1.67. The molecule has 1 aliphatic rings. The van der Waals surface area contributed by atoms with E-state index in [0.29, 0.717) is 18.8 Å². The van der Waals surface area contributed by atoms with Crippen LogP contribution in [-0.2, 0) is 6.54 Å². The number of aliphatic hydroxyl groups excluding tert-OH is 1. The Morgan fingerprint density at radius 1 is 1.35 bits per heavy atom. The van der Waals surface area contributed by atoms with Gasteiger partial charge in [0.25, 0.3) is 0 Å². The van der Waals surface area contributed by atoms with Crippen molar-refractivity contribution in [2.45, 2.75) is 32.4 Å². The van der Waals surface area contributed by atoms with Crippen LogP contribution in [0.2, 0.25) is 0 Å². The van der Waals surface area contributed by atoms with Crippen LogP contribution in [0.15, 0.2) is 24.4 Å². The van der Waals surface area contributed by atoms with Gasteiger partial charge in [0, 0.05) is 25.8 Å². The summed E-state index contributed by atoms with van der Waals surface area (Å²) >= 11 is 0. The Labute approximate surface area is 137 Å². The Morgan fingerprint density at radius 2 is 2.13 bits per heavy atom. The molecular weight excluding hydrogens is 288 g/mol. The van der Waals surface area contributed by atoms with Crippen molar-refractivity contribution in [3.8, 4) is 6.07 Å². The van der Waals surface area contributed by atoms with E-state index < -0.39 is 0 Å². The first-order valence-corrected chi connectivity index (χ1v) is 8.30. The second-order valence-corrected chi connectivity index (χ2v) is 6.31. The van der Waals surface area contributed by atoms with Gasteiger partial charge in [-0.15, -0.1) is 0 Å². The summed E-state index contributed by atoms with van der Waals surface area (Å²) in [5.41, 5.74) is 3.90. The van der Waals surface area contributed by atoms with Gasteiger partial charge in [-0.1, -0.05) is 6.07 Å². The fourth-order valence-corrected chi connectivity index (χ4v) is 3.45. The number of pyridine rings is 1. The molecule has 0 amide bonds. The van der Waals surface area contributed by atoms with Crippen LogP contribution >= 0.6 is 0 Å². The van der Waals surface area contributed by atoms with Crippen molar-refractivity contribution in [3.05, 3.63) is 41.2 Å². The Kier molecular flexibility index (Phi) is 4.97. The topological polar surface area (TPSA) is 63.7 Å². The van der Waals surface area contributed by atoms with E-state index in [9.17, 15) is 10.4 Å². The van der Waals surface area contributed by atoms with Gasteiger partial charge in [-0.25, -0.2) is 0 Å². The Bertz CT molecular complexity index is 710. The second-order valence-electron chi connectivity index (χ2n) is 6.31. The first kappa shape index (κ1) is 16.0. The van der Waals surface area contributed by atoms with E-state index in [1.165, 1.54) is 12.8 Å². The molecule has 5 nitrogen and oxygen atoms in total. The number of likely N-dealkylation sites (tertiary alicyclic amines) is 1. The van der Waals surface area contributed by atoms with Gasteiger partial charge in [-0.05, 0) is 56.1 Å². The first-order chi connectivity index (χ1) is 11.2. The molecule has 3 rings (SSSR count). The number of aliphatic hydroxyl groups is 1. The van der Waals surface area contributed by atoms with Gasteiger partial charge in [-0.2, -0.15) is 5.26 Å². The average molecular weight is 312 g/mol. The quantitative estimate of drug-likeness (QED) is 0.851. The van der Waals surface area contributed by atoms with Crippen molar-refractivity contribution in [2.75, 3.05) is 26.2 Å². The first-order valence-electron chi connectivity index (χ1n) is 8.30. The molecule has 1 fully saturated rings. The molecule has 5 heteroatoms. The normalized spacial score (nSPS) is 16.7. The van der Waals surface area contributed by atoms with Gasteiger partial charge in [0.2, 0.25) is 0 Å². The molecular formula is C18H24N4O. The molecule has 0 aliphatic carbocycles. The lowest BCUT2D eigenvalue weighted by Gasteiger charge is -2.19. The van der Waals surface area contributed by atoms with Crippen LogP contribution in [0.4, 0.5) is 0 Å². The standard InChI is InChI=1S/C18H24N4O/c1-14-16(17-6-2-3-9-22(17)18(14)10-19)12-20-11-15(23)13-21-7-4-5-8-21/h2-3,6,9,15,20,23H,4-5,7-8,11-13H2,1H3. The molecule has 1 unspecified atom stereocenters. The minimum Gasteiger partial charge on any atom is -0.390 e. The van der Waals surface area contributed by atoms with Gasteiger partial charge in [-0.3, -0.25) is 0 Å². The van der Waals surface area contributed by atoms with Gasteiger partial charge in [0.15, 0.2) is 0 Å². The molecule has 1 atom stereocenters. The zero-order chi connectivity index (χ0) is 16.2. The number of nitrogens with zero attached hydrogens (tertiary/aromatic N) is 3. The number of nitrogens with one attached hydrogen (secondary N) is 1. The summed E-state index contributed by atoms with van der Waals surface area (Å²) in [6, 6.07) is 8.24. The maximum absolute atomic E-state index is 10.2. The summed E-state index contributed by atoms with van der Waals surface area (Å²) in [5, 5.41) is 22.9. The highest BCUT2D eigenvalue weighted by Gasteiger charge is 2.17. The second kappa shape index (κ2) is 7.14. The third kappa shape index (κ3) is 3.40. The van der Waals surface area contributed by atoms with Crippen LogP contribution < -0.4 is 5.32 Å². The summed E-state index contributed by atoms with van der Waals surface area (Å²) in [4.78, 5) is 2.32. The van der Waals surface area contributed by atoms with Gasteiger partial charge < -0.3 is 19.7 Å². The minimum atomic E-state index is -0.349. The van der Waals surface area contributed by atoms with Crippen LogP contribution in [0.3, 0.4) is 0 Å². The molecule has 2 aromatic rings. The lowest BCUT2D eigenvalue weighted by atomic mass is 10.1. The summed E-state index contributed by atoms with van der Waals surface area (Å²) in [6.07, 6.45) is 4.06. The number of β-amino-alcohol motifs (C(OH)–C–C–N with tert-alkyl or cyclic N) is 1. The molecule has 3 heterocycles. The number of nitriles is 1. The lowest BCUT2D eigenvalue weighted by molar-refractivity contribution is 0.123. The van der Waals surface area contributed by atoms with Gasteiger partial charge >= 0.3 is 0 Å². The molecule has 0 aromatic carbocycles. The van der Waals surface area contributed by atoms with E-state index in [1.807, 2.05) is 35.7 Å². The van der Waals surface area contributed by atoms with Gasteiger partial charge in [0.05, 0.1) is 11.6 Å². The lowest BCUT2D eigenvalue weighted by Crippen LogP contribution is -2.36. The highest BCUT2D eigenvalue weighted by atomic mass is 16.3. The summed E-state index contributed by atoms with van der Waals surface area (Å²) in [5.74, 6) is 0. The highest BCUT2D eigenvalue weighted by molar-refractivity contribution is 5.63. The summed E-state index contributed by atoms with van der Waals surface area (Å²) in [7, 11) is 0. The molecule has 2 N–H and O–H groups in total. The smallest absolute Gasteiger partial charge is 0.128 e. The number of fused-ring (bicyclic) bond motifs is 1. The predicted molar refractivity (Wildman–Crippen MR) is 90.2 cm³/mol. The van der Waals surface area contributed by atoms with Crippen molar-refractivity contribution in [3.63, 3.8) is 0 Å². The third-order valence-corrected chi connectivity index (χ3v) is 4.67. The van der Waals surface area contributed by atoms with Crippen LogP contribution in [0.25, 0.3) is 5.52 Å². The van der Waals surface area contributed by atoms with Crippen LogP contribution in [-0.4, -0.2) is 46.7 Å². The van der Waals surface area contributed by atoms with Crippen molar-refractivity contribution in [1.82, 2.24) is 14.6 Å². The molecule has 122 valence electrons. The average Bonchev–Trinajstić information content (AvgIpc) is 3.14. The van der Waals surface area contributed by atoms with E-state index in [1.54, 1.807) is 0 Å². The SMILES string of the molecule is Cc1c(CNCC(O)CN2CCCC2)c2ccccn2c1C#N. The maximum Gasteiger partial charge on any atom is 0.128 e. The van der Waals surface area contributed by atoms with E-state index in [0.717, 1.165) is 36.3 Å². The Morgan fingerprint density at radius 3 is 2.87 bits per heavy atom. The Hall–Kier alpha value is -1.87. The number of rotatable bonds is 6. The molecule has 1 aliphatic heterocycles. The zero-order valence-electron chi connectivity index (χ0n) is 13.6. The summed E-state index contributed by atoms with van der Waals surface area (Å²) < 4.78 is 1.94. The minimum absolute atomic E-state index is 0.349. The van der Waals surface area contributed by atoms with E-state index in [4.69, 9.17) is 0 Å². The molecule has 2 aromatic heterocycles. The Balaban J connectivity index is 1.63. The van der Waals surface area contributed by atoms with Gasteiger partial charge in [0.1, 0.15) is 11.8 Å². The fraction of sp³-hybridized carbons (Fsp3) is 0.500. The number of hydrogen-bond donors (Lipinski definition) is 2. The van der Waals surface area contributed by atoms with Crippen molar-refractivity contribution >= 4 is 5.52 Å². The maximum atomic E-state index is 10.2. The van der Waals surface area contributed by atoms with E-state index >= 15 is 0 Å². The molecule has 23 heavy (non-hydrogen) atoms. The number of hydrogen-bond acceptors (Lipinski definition) is 4. The fourth-order valence-electron chi connectivity index (χ4n) is 3.45. The van der Waals surface area contributed by atoms with Crippen LogP contribution in [0, 0.1) is 18.3 Å². The molecule has 0 spiro atoms. The largest absolute Gasteiger partial charge is 0.390 e.